The molecule has 6 nitrogen and oxygen atoms in total. The van der Waals surface area contributed by atoms with E-state index in [0.717, 1.165) is 24.1 Å². The molecular weight excluding hydrogens is 384 g/mol. The quantitative estimate of drug-likeness (QED) is 0.779. The molecule has 27 heavy (non-hydrogen) atoms. The molecule has 0 spiro atoms. The number of hydrogen-bond donors (Lipinski definition) is 0. The molecule has 2 aromatic rings. The van der Waals surface area contributed by atoms with Crippen molar-refractivity contribution in [1.82, 2.24) is 9.21 Å². The van der Waals surface area contributed by atoms with Gasteiger partial charge in [0.15, 0.2) is 0 Å². The van der Waals surface area contributed by atoms with Gasteiger partial charge in [0.05, 0.1) is 11.8 Å². The van der Waals surface area contributed by atoms with Crippen molar-refractivity contribution in [2.24, 2.45) is 11.8 Å². The van der Waals surface area contributed by atoms with E-state index in [2.05, 4.69) is 0 Å². The Morgan fingerprint density at radius 3 is 2.70 bits per heavy atom. The molecule has 2 fully saturated rings. The van der Waals surface area contributed by atoms with Crippen molar-refractivity contribution in [1.29, 1.82) is 0 Å². The number of rotatable bonds is 4. The summed E-state index contributed by atoms with van der Waals surface area (Å²) in [5.74, 6) is 0.747. The molecule has 146 valence electrons. The van der Waals surface area contributed by atoms with Crippen molar-refractivity contribution in [3.63, 3.8) is 0 Å². The van der Waals surface area contributed by atoms with Gasteiger partial charge in [0.25, 0.3) is 15.9 Å². The minimum absolute atomic E-state index is 0.0362. The topological polar surface area (TPSA) is 70.8 Å². The van der Waals surface area contributed by atoms with Crippen LogP contribution in [0.15, 0.2) is 39.4 Å². The van der Waals surface area contributed by atoms with Gasteiger partial charge in [-0.15, -0.1) is 11.3 Å². The molecule has 1 aliphatic heterocycles. The molecule has 0 radical (unpaired) electrons. The van der Waals surface area contributed by atoms with Crippen LogP contribution in [0.1, 0.15) is 34.5 Å². The monoisotopic (exact) mass is 408 g/mol. The van der Waals surface area contributed by atoms with Crippen LogP contribution >= 0.6 is 11.3 Å². The van der Waals surface area contributed by atoms with E-state index in [1.54, 1.807) is 21.3 Å². The number of piperidine rings is 1. The lowest BCUT2D eigenvalue weighted by Gasteiger charge is -2.33. The minimum atomic E-state index is -3.41. The van der Waals surface area contributed by atoms with E-state index in [-0.39, 0.29) is 11.9 Å². The van der Waals surface area contributed by atoms with E-state index in [1.165, 1.54) is 23.9 Å². The maximum atomic E-state index is 12.9. The predicted molar refractivity (Wildman–Crippen MR) is 103 cm³/mol. The Kier molecular flexibility index (Phi) is 4.90. The van der Waals surface area contributed by atoms with Crippen molar-refractivity contribution >= 4 is 27.3 Å². The van der Waals surface area contributed by atoms with Crippen LogP contribution in [0.2, 0.25) is 0 Å². The fourth-order valence-electron chi connectivity index (χ4n) is 4.39. The van der Waals surface area contributed by atoms with E-state index in [0.29, 0.717) is 34.7 Å². The van der Waals surface area contributed by atoms with Gasteiger partial charge >= 0.3 is 0 Å². The normalized spacial score (nSPS) is 26.1. The number of carbonyl (C=O) groups excluding carboxylic acids is 1. The zero-order chi connectivity index (χ0) is 19.2. The van der Waals surface area contributed by atoms with Crippen LogP contribution in [0, 0.1) is 18.8 Å². The summed E-state index contributed by atoms with van der Waals surface area (Å²) in [5, 5.41) is 0. The highest BCUT2D eigenvalue weighted by molar-refractivity contribution is 7.91. The molecule has 0 bridgehead atoms. The molecule has 1 saturated heterocycles. The highest BCUT2D eigenvalue weighted by Crippen LogP contribution is 2.41. The summed E-state index contributed by atoms with van der Waals surface area (Å²) in [6.07, 6.45) is 5.62. The minimum Gasteiger partial charge on any atom is -0.472 e. The number of thiophene rings is 1. The van der Waals surface area contributed by atoms with Gasteiger partial charge in [-0.05, 0) is 56.2 Å². The third-order valence-electron chi connectivity index (χ3n) is 5.95. The first kappa shape index (κ1) is 18.7. The lowest BCUT2D eigenvalue weighted by molar-refractivity contribution is 0.0730. The molecule has 0 unspecified atom stereocenters. The number of sulfonamides is 1. The maximum absolute atomic E-state index is 12.9. The molecule has 0 N–H and O–H groups in total. The summed E-state index contributed by atoms with van der Waals surface area (Å²) in [7, 11) is -1.58. The van der Waals surface area contributed by atoms with Crippen LogP contribution < -0.4 is 0 Å². The van der Waals surface area contributed by atoms with Gasteiger partial charge in [-0.1, -0.05) is 0 Å². The Bertz CT molecular complexity index is 919. The average Bonchev–Trinajstić information content (AvgIpc) is 3.39. The number of furan rings is 1. The molecule has 0 aromatic carbocycles. The van der Waals surface area contributed by atoms with Crippen LogP contribution in [0.25, 0.3) is 0 Å². The highest BCUT2D eigenvalue weighted by atomic mass is 32.2. The van der Waals surface area contributed by atoms with E-state index in [9.17, 15) is 13.2 Å². The Morgan fingerprint density at radius 2 is 2.04 bits per heavy atom. The smallest absolute Gasteiger partial charge is 0.257 e. The van der Waals surface area contributed by atoms with Gasteiger partial charge < -0.3 is 9.32 Å². The summed E-state index contributed by atoms with van der Waals surface area (Å²) in [6, 6.07) is 5.38. The number of carbonyl (C=O) groups is 1. The molecule has 1 aliphatic carbocycles. The lowest BCUT2D eigenvalue weighted by atomic mass is 9.90. The summed E-state index contributed by atoms with van der Waals surface area (Å²) in [5.41, 5.74) is 0.560. The predicted octanol–water partition coefficient (Wildman–Crippen LogP) is 3.21. The van der Waals surface area contributed by atoms with Gasteiger partial charge in [0.2, 0.25) is 0 Å². The van der Waals surface area contributed by atoms with Gasteiger partial charge in [-0.2, -0.15) is 4.31 Å². The average molecular weight is 409 g/mol. The van der Waals surface area contributed by atoms with Gasteiger partial charge in [-0.3, -0.25) is 4.79 Å². The third-order valence-corrected chi connectivity index (χ3v) is 9.28. The Labute approximate surface area is 163 Å². The van der Waals surface area contributed by atoms with Gasteiger partial charge in [-0.25, -0.2) is 8.42 Å². The first-order chi connectivity index (χ1) is 12.9. The molecule has 3 atom stereocenters. The van der Waals surface area contributed by atoms with Crippen LogP contribution in [-0.2, 0) is 10.0 Å². The molecule has 1 saturated carbocycles. The number of hydrogen-bond acceptors (Lipinski definition) is 5. The number of nitrogens with zero attached hydrogens (tertiary/aromatic N) is 2. The Balaban J connectivity index is 1.44. The fraction of sp³-hybridized carbons (Fsp3) is 0.526. The highest BCUT2D eigenvalue weighted by Gasteiger charge is 2.43. The molecular formula is C19H24N2O4S2. The van der Waals surface area contributed by atoms with Crippen molar-refractivity contribution in [2.45, 2.75) is 36.4 Å². The second-order valence-corrected chi connectivity index (χ2v) is 11.0. The zero-order valence-electron chi connectivity index (χ0n) is 15.5. The molecule has 8 heteroatoms. The van der Waals surface area contributed by atoms with Crippen LogP contribution in [0.5, 0.6) is 0 Å². The SMILES string of the molecule is Cc1ccc(S(=O)(=O)N2CC[C@@H]3C[C@H](N(C)C(=O)c4ccoc4)C[C@@H]3C2)s1. The third kappa shape index (κ3) is 3.46. The largest absolute Gasteiger partial charge is 0.472 e. The molecule has 2 aliphatic rings. The van der Waals surface area contributed by atoms with Crippen LogP contribution in [-0.4, -0.2) is 49.7 Å². The standard InChI is InChI=1S/C19H24N2O4S2/c1-13-3-4-18(26-13)27(23,24)21-7-5-14-9-17(10-16(14)11-21)20(2)19(22)15-6-8-25-12-15/h3-4,6,8,12,14,16-17H,5,7,9-11H2,1-2H3/t14-,16-,17+/m1/s1. The van der Waals surface area contributed by atoms with Gasteiger partial charge in [0.1, 0.15) is 10.5 Å². The summed E-state index contributed by atoms with van der Waals surface area (Å²) >= 11 is 1.33. The fourth-order valence-corrected chi connectivity index (χ4v) is 7.34. The van der Waals surface area contributed by atoms with Crippen molar-refractivity contribution in [3.05, 3.63) is 41.2 Å². The van der Waals surface area contributed by atoms with E-state index in [4.69, 9.17) is 4.42 Å². The van der Waals surface area contributed by atoms with Crippen LogP contribution in [0.3, 0.4) is 0 Å². The summed E-state index contributed by atoms with van der Waals surface area (Å²) < 4.78 is 32.9. The summed E-state index contributed by atoms with van der Waals surface area (Å²) in [4.78, 5) is 15.4. The van der Waals surface area contributed by atoms with E-state index in [1.807, 2.05) is 20.0 Å². The molecule has 2 aromatic heterocycles. The summed E-state index contributed by atoms with van der Waals surface area (Å²) in [6.45, 7) is 3.03. The van der Waals surface area contributed by atoms with Crippen molar-refractivity contribution < 1.29 is 17.6 Å². The Morgan fingerprint density at radius 1 is 1.26 bits per heavy atom. The van der Waals surface area contributed by atoms with Crippen molar-refractivity contribution in [2.75, 3.05) is 20.1 Å². The first-order valence-corrected chi connectivity index (χ1v) is 11.5. The number of aryl methyl sites for hydroxylation is 1. The zero-order valence-corrected chi connectivity index (χ0v) is 17.1. The van der Waals surface area contributed by atoms with Crippen LogP contribution in [0.4, 0.5) is 0 Å². The first-order valence-electron chi connectivity index (χ1n) is 9.22. The lowest BCUT2D eigenvalue weighted by Crippen LogP contribution is -2.41. The Hall–Kier alpha value is -1.64. The maximum Gasteiger partial charge on any atom is 0.257 e. The second-order valence-electron chi connectivity index (χ2n) is 7.59. The molecule has 3 heterocycles. The molecule has 4 rings (SSSR count). The van der Waals surface area contributed by atoms with Gasteiger partial charge in [0, 0.05) is 31.1 Å². The molecule has 1 amide bonds. The van der Waals surface area contributed by atoms with Crippen molar-refractivity contribution in [3.8, 4) is 0 Å². The number of amides is 1. The second kappa shape index (κ2) is 7.07. The van der Waals surface area contributed by atoms with E-state index < -0.39 is 10.0 Å². The van der Waals surface area contributed by atoms with E-state index >= 15 is 0 Å². The number of fused-ring (bicyclic) bond motifs is 1.